The molecule has 3 heterocycles. The lowest BCUT2D eigenvalue weighted by Gasteiger charge is -2.51. The highest BCUT2D eigenvalue weighted by Crippen LogP contribution is 2.52. The molecule has 1 spiro atoms. The van der Waals surface area contributed by atoms with E-state index >= 15 is 0 Å². The van der Waals surface area contributed by atoms with Gasteiger partial charge in [-0.2, -0.15) is 5.10 Å². The molecular weight excluding hydrogens is 446 g/mol. The van der Waals surface area contributed by atoms with Crippen LogP contribution in [0.5, 0.6) is 11.5 Å². The van der Waals surface area contributed by atoms with Crippen molar-refractivity contribution in [1.82, 2.24) is 9.91 Å². The second-order valence-corrected chi connectivity index (χ2v) is 8.97. The lowest BCUT2D eigenvalue weighted by Crippen LogP contribution is -2.59. The molecule has 7 heteroatoms. The van der Waals surface area contributed by atoms with Gasteiger partial charge >= 0.3 is 0 Å². The quantitative estimate of drug-likeness (QED) is 0.656. The Kier molecular flexibility index (Phi) is 4.73. The predicted molar refractivity (Wildman–Crippen MR) is 118 cm³/mol. The first-order chi connectivity index (χ1) is 14.5. The van der Waals surface area contributed by atoms with Gasteiger partial charge in [-0.3, -0.25) is 4.79 Å². The van der Waals surface area contributed by atoms with Crippen molar-refractivity contribution < 1.29 is 14.3 Å². The maximum atomic E-state index is 11.9. The summed E-state index contributed by atoms with van der Waals surface area (Å²) in [6.07, 6.45) is 2.22. The molecule has 2 aromatic carbocycles. The molecule has 1 amide bonds. The fourth-order valence-electron chi connectivity index (χ4n) is 4.75. The Balaban J connectivity index is 1.57. The minimum absolute atomic E-state index is 0.0892. The fraction of sp³-hybridized carbons (Fsp3) is 0.391. The van der Waals surface area contributed by atoms with E-state index in [2.05, 4.69) is 39.1 Å². The van der Waals surface area contributed by atoms with Gasteiger partial charge in [0.05, 0.1) is 18.9 Å². The molecule has 0 radical (unpaired) electrons. The van der Waals surface area contributed by atoms with Crippen molar-refractivity contribution in [1.29, 1.82) is 0 Å². The molecule has 3 aliphatic heterocycles. The highest BCUT2D eigenvalue weighted by molar-refractivity contribution is 9.10. The summed E-state index contributed by atoms with van der Waals surface area (Å²) in [5.74, 6) is 1.66. The van der Waals surface area contributed by atoms with Gasteiger partial charge in [-0.25, -0.2) is 5.01 Å². The molecule has 1 saturated heterocycles. The number of rotatable bonds is 2. The second kappa shape index (κ2) is 7.30. The van der Waals surface area contributed by atoms with Gasteiger partial charge in [-0.05, 0) is 23.8 Å². The molecule has 156 valence electrons. The van der Waals surface area contributed by atoms with Crippen molar-refractivity contribution in [2.75, 3.05) is 20.2 Å². The molecule has 0 saturated carbocycles. The number of nitrogens with zero attached hydrogens (tertiary/aromatic N) is 3. The number of hydrogen-bond acceptors (Lipinski definition) is 5. The van der Waals surface area contributed by atoms with Crippen molar-refractivity contribution in [3.63, 3.8) is 0 Å². The first-order valence-corrected chi connectivity index (χ1v) is 11.0. The van der Waals surface area contributed by atoms with E-state index in [1.54, 1.807) is 14.0 Å². The number of para-hydroxylation sites is 1. The third-order valence-electron chi connectivity index (χ3n) is 6.38. The van der Waals surface area contributed by atoms with Crippen molar-refractivity contribution in [2.24, 2.45) is 5.10 Å². The molecule has 3 aliphatic rings. The summed E-state index contributed by atoms with van der Waals surface area (Å²) in [5.41, 5.74) is 2.70. The average molecular weight is 470 g/mol. The largest absolute Gasteiger partial charge is 0.493 e. The van der Waals surface area contributed by atoms with E-state index in [0.29, 0.717) is 25.9 Å². The molecule has 0 aromatic heterocycles. The normalized spacial score (nSPS) is 21.6. The van der Waals surface area contributed by atoms with E-state index in [-0.39, 0.29) is 11.9 Å². The highest BCUT2D eigenvalue weighted by atomic mass is 79.9. The van der Waals surface area contributed by atoms with Gasteiger partial charge < -0.3 is 14.4 Å². The van der Waals surface area contributed by atoms with Gasteiger partial charge in [0.1, 0.15) is 0 Å². The number of carbonyl (C=O) groups is 1. The lowest BCUT2D eigenvalue weighted by molar-refractivity contribution is -0.159. The zero-order chi connectivity index (χ0) is 20.9. The number of carbonyl (C=O) groups excluding carboxylic acids is 1. The van der Waals surface area contributed by atoms with Crippen LogP contribution in [0.15, 0.2) is 52.0 Å². The van der Waals surface area contributed by atoms with Crippen LogP contribution in [0.4, 0.5) is 0 Å². The van der Waals surface area contributed by atoms with Crippen molar-refractivity contribution in [3.8, 4) is 11.5 Å². The Morgan fingerprint density at radius 1 is 1.20 bits per heavy atom. The van der Waals surface area contributed by atoms with Crippen molar-refractivity contribution in [3.05, 3.63) is 58.1 Å². The summed E-state index contributed by atoms with van der Waals surface area (Å²) in [4.78, 5) is 13.8. The van der Waals surface area contributed by atoms with E-state index in [9.17, 15) is 4.79 Å². The van der Waals surface area contributed by atoms with Crippen LogP contribution >= 0.6 is 15.9 Å². The summed E-state index contributed by atoms with van der Waals surface area (Å²) >= 11 is 3.51. The molecule has 1 fully saturated rings. The fourth-order valence-corrected chi connectivity index (χ4v) is 5.01. The molecule has 2 aromatic rings. The van der Waals surface area contributed by atoms with E-state index in [0.717, 1.165) is 39.2 Å². The number of hydrazone groups is 1. The number of hydrogen-bond donors (Lipinski definition) is 0. The molecule has 0 unspecified atom stereocenters. The minimum Gasteiger partial charge on any atom is -0.493 e. The second-order valence-electron chi connectivity index (χ2n) is 8.05. The van der Waals surface area contributed by atoms with Crippen LogP contribution in [0.1, 0.15) is 43.4 Å². The van der Waals surface area contributed by atoms with Crippen LogP contribution in [0, 0.1) is 0 Å². The van der Waals surface area contributed by atoms with Crippen molar-refractivity contribution >= 4 is 27.5 Å². The molecule has 5 rings (SSSR count). The number of halogens is 1. The predicted octanol–water partition coefficient (Wildman–Crippen LogP) is 4.34. The standard InChI is InChI=1S/C23H24BrN3O3/c1-15(28)26-12-10-23(11-13-26)27-20(18-4-3-5-21(29-2)22(18)30-23)14-19(25-27)16-6-8-17(24)9-7-16/h3-9,20H,10-14H2,1-2H3/t20-/m1/s1. The van der Waals surface area contributed by atoms with Gasteiger partial charge in [-0.15, -0.1) is 0 Å². The summed E-state index contributed by atoms with van der Waals surface area (Å²) < 4.78 is 13.4. The Bertz CT molecular complexity index is 1010. The van der Waals surface area contributed by atoms with Crippen LogP contribution in [-0.2, 0) is 4.79 Å². The third-order valence-corrected chi connectivity index (χ3v) is 6.90. The minimum atomic E-state index is -0.574. The molecule has 0 N–H and O–H groups in total. The van der Waals surface area contributed by atoms with Gasteiger partial charge in [-0.1, -0.05) is 40.2 Å². The Morgan fingerprint density at radius 2 is 1.93 bits per heavy atom. The number of piperidine rings is 1. The van der Waals surface area contributed by atoms with E-state index in [4.69, 9.17) is 14.6 Å². The third kappa shape index (κ3) is 3.07. The maximum absolute atomic E-state index is 11.9. The van der Waals surface area contributed by atoms with E-state index in [1.807, 2.05) is 29.2 Å². The van der Waals surface area contributed by atoms with Gasteiger partial charge in [0.15, 0.2) is 11.5 Å². The number of ether oxygens (including phenoxy) is 2. The highest BCUT2D eigenvalue weighted by Gasteiger charge is 2.52. The summed E-state index contributed by atoms with van der Waals surface area (Å²) in [6.45, 7) is 2.94. The van der Waals surface area contributed by atoms with Crippen LogP contribution in [0.3, 0.4) is 0 Å². The monoisotopic (exact) mass is 469 g/mol. The molecule has 6 nitrogen and oxygen atoms in total. The number of amides is 1. The Hall–Kier alpha value is -2.54. The smallest absolute Gasteiger partial charge is 0.219 e. The molecule has 0 aliphatic carbocycles. The first-order valence-electron chi connectivity index (χ1n) is 10.2. The van der Waals surface area contributed by atoms with Crippen molar-refractivity contribution in [2.45, 2.75) is 38.0 Å². The molecule has 1 atom stereocenters. The summed E-state index contributed by atoms with van der Waals surface area (Å²) in [7, 11) is 1.68. The van der Waals surface area contributed by atoms with Crippen LogP contribution in [-0.4, -0.2) is 47.5 Å². The maximum Gasteiger partial charge on any atom is 0.219 e. The first kappa shape index (κ1) is 19.4. The topological polar surface area (TPSA) is 54.4 Å². The SMILES string of the molecule is COc1cccc2c1OC1(CCN(C(C)=O)CC1)N1N=C(c3ccc(Br)cc3)C[C@H]21. The van der Waals surface area contributed by atoms with Gasteiger partial charge in [0.25, 0.3) is 0 Å². The lowest BCUT2D eigenvalue weighted by atomic mass is 9.90. The molecular formula is C23H24BrN3O3. The van der Waals surface area contributed by atoms with Gasteiger partial charge in [0.2, 0.25) is 11.6 Å². The number of methoxy groups -OCH3 is 1. The van der Waals surface area contributed by atoms with E-state index in [1.165, 1.54) is 0 Å². The Labute approximate surface area is 184 Å². The van der Waals surface area contributed by atoms with E-state index < -0.39 is 5.72 Å². The molecule has 30 heavy (non-hydrogen) atoms. The number of benzene rings is 2. The van der Waals surface area contributed by atoms with Crippen LogP contribution in [0.2, 0.25) is 0 Å². The summed E-state index contributed by atoms with van der Waals surface area (Å²) in [6, 6.07) is 14.4. The zero-order valence-corrected chi connectivity index (χ0v) is 18.7. The van der Waals surface area contributed by atoms with Crippen LogP contribution in [0.25, 0.3) is 0 Å². The zero-order valence-electron chi connectivity index (χ0n) is 17.1. The average Bonchev–Trinajstić information content (AvgIpc) is 3.21. The van der Waals surface area contributed by atoms with Gasteiger partial charge in [0, 0.05) is 49.3 Å². The van der Waals surface area contributed by atoms with Crippen LogP contribution < -0.4 is 9.47 Å². The summed E-state index contributed by atoms with van der Waals surface area (Å²) in [5, 5.41) is 7.23. The Morgan fingerprint density at radius 3 is 2.60 bits per heavy atom. The molecule has 0 bridgehead atoms. The number of likely N-dealkylation sites (tertiary alicyclic amines) is 1. The number of fused-ring (bicyclic) bond motifs is 4.